The van der Waals surface area contributed by atoms with E-state index in [1.54, 1.807) is 23.5 Å². The van der Waals surface area contributed by atoms with Crippen LogP contribution in [0.1, 0.15) is 34.7 Å². The Morgan fingerprint density at radius 2 is 1.93 bits per heavy atom. The standard InChI is InChI=1S/C20H15N3O3S/c24-23(25)14-9-7-13(8-10-14)20-22-17(15-4-1-2-5-18(15)26-20)12-16(21-22)19-6-3-11-27-19/h1-11,17,20H,12H2/t17-,20-/m1/s1. The SMILES string of the molecule is O=[N+]([O-])c1ccc([C@H]2Oc3ccccc3[C@H]3CC(c4cccs4)=NN32)cc1. The number of nitrogens with zero attached hydrogens (tertiary/aromatic N) is 3. The Kier molecular flexibility index (Phi) is 3.68. The van der Waals surface area contributed by atoms with Crippen molar-refractivity contribution in [3.8, 4) is 5.75 Å². The smallest absolute Gasteiger partial charge is 0.269 e. The average molecular weight is 377 g/mol. The number of ether oxygens (including phenoxy) is 1. The third kappa shape index (κ3) is 2.67. The van der Waals surface area contributed by atoms with Crippen LogP contribution in [-0.2, 0) is 0 Å². The van der Waals surface area contributed by atoms with E-state index in [0.29, 0.717) is 0 Å². The number of non-ortho nitro benzene ring substituents is 1. The van der Waals surface area contributed by atoms with Crippen molar-refractivity contribution in [1.29, 1.82) is 0 Å². The Morgan fingerprint density at radius 1 is 1.11 bits per heavy atom. The van der Waals surface area contributed by atoms with Gasteiger partial charge in [0.25, 0.3) is 5.69 Å². The number of nitro groups is 1. The van der Waals surface area contributed by atoms with Crippen LogP contribution in [0.4, 0.5) is 5.69 Å². The minimum absolute atomic E-state index is 0.0655. The fourth-order valence-electron chi connectivity index (χ4n) is 3.61. The van der Waals surface area contributed by atoms with Crippen molar-refractivity contribution in [2.45, 2.75) is 18.7 Å². The third-order valence-corrected chi connectivity index (χ3v) is 5.81. The van der Waals surface area contributed by atoms with E-state index >= 15 is 0 Å². The first-order chi connectivity index (χ1) is 13.2. The number of thiophene rings is 1. The molecule has 1 aromatic heterocycles. The molecule has 0 saturated carbocycles. The van der Waals surface area contributed by atoms with Crippen molar-refractivity contribution in [2.75, 3.05) is 0 Å². The molecule has 2 aliphatic rings. The molecule has 27 heavy (non-hydrogen) atoms. The van der Waals surface area contributed by atoms with Crippen LogP contribution in [0.5, 0.6) is 5.75 Å². The van der Waals surface area contributed by atoms with Crippen molar-refractivity contribution in [3.63, 3.8) is 0 Å². The lowest BCUT2D eigenvalue weighted by Crippen LogP contribution is -2.33. The molecule has 0 radical (unpaired) electrons. The molecule has 0 saturated heterocycles. The number of para-hydroxylation sites is 1. The molecule has 2 aliphatic heterocycles. The molecule has 2 atom stereocenters. The number of hydrogen-bond acceptors (Lipinski definition) is 6. The van der Waals surface area contributed by atoms with Crippen LogP contribution >= 0.6 is 11.3 Å². The van der Waals surface area contributed by atoms with Crippen LogP contribution in [0.2, 0.25) is 0 Å². The molecule has 0 N–H and O–H groups in total. The van der Waals surface area contributed by atoms with E-state index in [1.165, 1.54) is 12.1 Å². The molecule has 134 valence electrons. The molecule has 0 amide bonds. The highest BCUT2D eigenvalue weighted by molar-refractivity contribution is 7.12. The molecular formula is C20H15N3O3S. The average Bonchev–Trinajstić information content (AvgIpc) is 3.37. The summed E-state index contributed by atoms with van der Waals surface area (Å²) in [6.07, 6.45) is 0.396. The summed E-state index contributed by atoms with van der Waals surface area (Å²) in [6, 6.07) is 18.7. The van der Waals surface area contributed by atoms with E-state index in [9.17, 15) is 10.1 Å². The van der Waals surface area contributed by atoms with Gasteiger partial charge in [0.05, 0.1) is 21.6 Å². The third-order valence-electron chi connectivity index (χ3n) is 4.89. The topological polar surface area (TPSA) is 68.0 Å². The molecule has 7 heteroatoms. The minimum atomic E-state index is -0.414. The second-order valence-corrected chi connectivity index (χ2v) is 7.43. The summed E-state index contributed by atoms with van der Waals surface area (Å²) >= 11 is 1.68. The zero-order valence-corrected chi connectivity index (χ0v) is 15.0. The summed E-state index contributed by atoms with van der Waals surface area (Å²) < 4.78 is 6.25. The van der Waals surface area contributed by atoms with Gasteiger partial charge in [0.2, 0.25) is 6.23 Å². The molecule has 6 nitrogen and oxygen atoms in total. The van der Waals surface area contributed by atoms with Gasteiger partial charge in [-0.2, -0.15) is 5.10 Å². The van der Waals surface area contributed by atoms with Crippen molar-refractivity contribution in [2.24, 2.45) is 5.10 Å². The second kappa shape index (κ2) is 6.21. The van der Waals surface area contributed by atoms with E-state index in [2.05, 4.69) is 12.1 Å². The van der Waals surface area contributed by atoms with Gasteiger partial charge in [-0.15, -0.1) is 11.3 Å². The van der Waals surface area contributed by atoms with Gasteiger partial charge in [-0.05, 0) is 29.6 Å². The summed E-state index contributed by atoms with van der Waals surface area (Å²) in [6.45, 7) is 0. The minimum Gasteiger partial charge on any atom is -0.464 e. The van der Waals surface area contributed by atoms with Gasteiger partial charge in [-0.1, -0.05) is 24.3 Å². The highest BCUT2D eigenvalue weighted by atomic mass is 32.1. The van der Waals surface area contributed by atoms with Gasteiger partial charge in [0.15, 0.2) is 0 Å². The summed E-state index contributed by atoms with van der Waals surface area (Å²) in [5.74, 6) is 0.838. The van der Waals surface area contributed by atoms with Crippen molar-refractivity contribution in [3.05, 3.63) is 92.2 Å². The summed E-state index contributed by atoms with van der Waals surface area (Å²) in [5, 5.41) is 19.9. The maximum Gasteiger partial charge on any atom is 0.269 e. The number of rotatable bonds is 3. The number of hydrazone groups is 1. The normalized spacial score (nSPS) is 20.4. The molecule has 0 spiro atoms. The molecule has 0 aliphatic carbocycles. The Morgan fingerprint density at radius 3 is 2.67 bits per heavy atom. The molecular weight excluding hydrogens is 362 g/mol. The molecule has 3 heterocycles. The molecule has 0 bridgehead atoms. The molecule has 3 aromatic rings. The molecule has 0 unspecified atom stereocenters. The quantitative estimate of drug-likeness (QED) is 0.481. The zero-order chi connectivity index (χ0) is 18.4. The largest absolute Gasteiger partial charge is 0.464 e. The zero-order valence-electron chi connectivity index (χ0n) is 14.2. The fourth-order valence-corrected chi connectivity index (χ4v) is 4.33. The van der Waals surface area contributed by atoms with E-state index in [0.717, 1.165) is 33.9 Å². The van der Waals surface area contributed by atoms with Crippen LogP contribution in [-0.4, -0.2) is 15.6 Å². The summed E-state index contributed by atoms with van der Waals surface area (Å²) in [4.78, 5) is 11.7. The van der Waals surface area contributed by atoms with Crippen LogP contribution in [0.15, 0.2) is 71.1 Å². The Hall–Kier alpha value is -3.19. The monoisotopic (exact) mass is 377 g/mol. The van der Waals surface area contributed by atoms with E-state index < -0.39 is 11.2 Å². The Bertz CT molecular complexity index is 1030. The molecule has 0 fully saturated rings. The van der Waals surface area contributed by atoms with Crippen molar-refractivity contribution in [1.82, 2.24) is 5.01 Å². The van der Waals surface area contributed by atoms with Gasteiger partial charge < -0.3 is 4.74 Å². The van der Waals surface area contributed by atoms with Crippen LogP contribution in [0, 0.1) is 10.1 Å². The Balaban J connectivity index is 1.57. The summed E-state index contributed by atoms with van der Waals surface area (Å²) in [5.41, 5.74) is 3.07. The first-order valence-electron chi connectivity index (χ1n) is 8.60. The maximum atomic E-state index is 11.0. The van der Waals surface area contributed by atoms with Crippen LogP contribution in [0.25, 0.3) is 0 Å². The van der Waals surface area contributed by atoms with Gasteiger partial charge in [0.1, 0.15) is 5.75 Å². The first kappa shape index (κ1) is 16.0. The molecule has 5 rings (SSSR count). The number of hydrogen-bond donors (Lipinski definition) is 0. The predicted molar refractivity (Wildman–Crippen MR) is 103 cm³/mol. The fraction of sp³-hybridized carbons (Fsp3) is 0.150. The van der Waals surface area contributed by atoms with E-state index in [1.807, 2.05) is 34.7 Å². The second-order valence-electron chi connectivity index (χ2n) is 6.48. The molecule has 2 aromatic carbocycles. The van der Waals surface area contributed by atoms with Gasteiger partial charge in [-0.25, -0.2) is 5.01 Å². The lowest BCUT2D eigenvalue weighted by atomic mass is 9.98. The van der Waals surface area contributed by atoms with Crippen LogP contribution in [0.3, 0.4) is 0 Å². The van der Waals surface area contributed by atoms with Crippen molar-refractivity contribution < 1.29 is 9.66 Å². The number of benzene rings is 2. The highest BCUT2D eigenvalue weighted by Crippen LogP contribution is 2.47. The Labute approximate surface area is 159 Å². The lowest BCUT2D eigenvalue weighted by molar-refractivity contribution is -0.384. The van der Waals surface area contributed by atoms with E-state index in [-0.39, 0.29) is 11.7 Å². The van der Waals surface area contributed by atoms with Crippen molar-refractivity contribution >= 4 is 22.7 Å². The van der Waals surface area contributed by atoms with Gasteiger partial charge >= 0.3 is 0 Å². The lowest BCUT2D eigenvalue weighted by Gasteiger charge is -2.38. The predicted octanol–water partition coefficient (Wildman–Crippen LogP) is 4.90. The first-order valence-corrected chi connectivity index (χ1v) is 9.48. The highest BCUT2D eigenvalue weighted by Gasteiger charge is 2.41. The van der Waals surface area contributed by atoms with Gasteiger partial charge in [-0.3, -0.25) is 10.1 Å². The van der Waals surface area contributed by atoms with Crippen LogP contribution < -0.4 is 4.74 Å². The maximum absolute atomic E-state index is 11.0. The number of nitro benzene ring substituents is 1. The van der Waals surface area contributed by atoms with Gasteiger partial charge in [0, 0.05) is 29.7 Å². The van der Waals surface area contributed by atoms with E-state index in [4.69, 9.17) is 9.84 Å². The summed E-state index contributed by atoms with van der Waals surface area (Å²) in [7, 11) is 0. The number of fused-ring (bicyclic) bond motifs is 3.